The molecule has 0 saturated heterocycles. The Morgan fingerprint density at radius 1 is 1.15 bits per heavy atom. The number of nitrogens with two attached hydrogens (primary N) is 1. The van der Waals surface area contributed by atoms with Gasteiger partial charge in [0, 0.05) is 13.0 Å². The second kappa shape index (κ2) is 7.54. The number of phenolic OH excluding ortho intramolecular Hbond substituents is 1. The number of methoxy groups -OCH3 is 1. The van der Waals surface area contributed by atoms with Crippen molar-refractivity contribution in [3.05, 3.63) is 29.3 Å². The molecule has 2 unspecified atom stereocenters. The molecule has 0 aliphatic heterocycles. The number of ketones is 4. The quantitative estimate of drug-likeness (QED) is 0.485. The molecule has 1 aromatic carbocycles. The van der Waals surface area contributed by atoms with Gasteiger partial charge in [-0.15, -0.1) is 0 Å². The Morgan fingerprint density at radius 3 is 2.33 bits per heavy atom. The Morgan fingerprint density at radius 2 is 1.79 bits per heavy atom. The van der Waals surface area contributed by atoms with E-state index in [2.05, 4.69) is 0 Å². The van der Waals surface area contributed by atoms with Gasteiger partial charge in [-0.2, -0.15) is 0 Å². The lowest BCUT2D eigenvalue weighted by Crippen LogP contribution is -2.78. The van der Waals surface area contributed by atoms with Crippen LogP contribution in [0, 0.1) is 23.7 Å². The van der Waals surface area contributed by atoms with Crippen LogP contribution in [-0.4, -0.2) is 83.1 Å². The number of likely N-dealkylation sites (N-methyl/N-ethyl adjacent to an activating group) is 1. The number of carbonyl (C=O) groups excluding carboxylic acids is 5. The molecule has 3 aliphatic rings. The first-order valence-corrected chi connectivity index (χ1v) is 10.6. The van der Waals surface area contributed by atoms with Gasteiger partial charge in [-0.3, -0.25) is 28.9 Å². The molecule has 33 heavy (non-hydrogen) atoms. The van der Waals surface area contributed by atoms with Crippen LogP contribution in [-0.2, 0) is 23.9 Å². The number of fused-ring (bicyclic) bond motifs is 3. The average molecular weight is 458 g/mol. The van der Waals surface area contributed by atoms with E-state index in [0.29, 0.717) is 5.56 Å². The Kier molecular flexibility index (Phi) is 5.31. The highest BCUT2D eigenvalue weighted by molar-refractivity contribution is 6.32. The third kappa shape index (κ3) is 2.81. The first kappa shape index (κ1) is 23.2. The molecule has 0 heterocycles. The fourth-order valence-electron chi connectivity index (χ4n) is 6.22. The van der Waals surface area contributed by atoms with E-state index in [9.17, 15) is 34.2 Å². The van der Waals surface area contributed by atoms with E-state index in [1.807, 2.05) is 0 Å². The van der Waals surface area contributed by atoms with Crippen molar-refractivity contribution in [3.8, 4) is 5.75 Å². The van der Waals surface area contributed by atoms with Crippen LogP contribution in [0.5, 0.6) is 5.75 Å². The predicted molar refractivity (Wildman–Crippen MR) is 112 cm³/mol. The number of phenols is 1. The highest BCUT2D eigenvalue weighted by Crippen LogP contribution is 2.55. The predicted octanol–water partition coefficient (Wildman–Crippen LogP) is -0.947. The number of amides is 1. The fourth-order valence-corrected chi connectivity index (χ4v) is 6.22. The van der Waals surface area contributed by atoms with Crippen molar-refractivity contribution in [3.63, 3.8) is 0 Å². The summed E-state index contributed by atoms with van der Waals surface area (Å²) in [5.41, 5.74) is 2.93. The van der Waals surface area contributed by atoms with Crippen LogP contribution in [0.25, 0.3) is 0 Å². The van der Waals surface area contributed by atoms with Crippen LogP contribution in [0.15, 0.2) is 18.2 Å². The van der Waals surface area contributed by atoms with Crippen LogP contribution in [0.2, 0.25) is 0 Å². The summed E-state index contributed by atoms with van der Waals surface area (Å²) < 4.78 is 5.71. The zero-order valence-corrected chi connectivity index (χ0v) is 18.6. The molecule has 1 amide bonds. The number of ether oxygens (including phenoxy) is 1. The van der Waals surface area contributed by atoms with E-state index in [1.165, 1.54) is 32.2 Å². The van der Waals surface area contributed by atoms with E-state index in [-0.39, 0.29) is 11.3 Å². The lowest BCUT2D eigenvalue weighted by Gasteiger charge is -2.56. The van der Waals surface area contributed by atoms with Crippen molar-refractivity contribution in [2.45, 2.75) is 30.6 Å². The van der Waals surface area contributed by atoms with E-state index in [0.717, 1.165) is 0 Å². The summed E-state index contributed by atoms with van der Waals surface area (Å²) >= 11 is 0. The van der Waals surface area contributed by atoms with Crippen LogP contribution >= 0.6 is 0 Å². The highest BCUT2D eigenvalue weighted by atomic mass is 16.5. The lowest BCUT2D eigenvalue weighted by atomic mass is 9.49. The van der Waals surface area contributed by atoms with Gasteiger partial charge in [0.05, 0.1) is 29.5 Å². The van der Waals surface area contributed by atoms with E-state index in [4.69, 9.17) is 10.5 Å². The number of aromatic hydroxyl groups is 1. The van der Waals surface area contributed by atoms with Gasteiger partial charge in [0.15, 0.2) is 34.7 Å². The molecule has 10 nitrogen and oxygen atoms in total. The average Bonchev–Trinajstić information content (AvgIpc) is 2.73. The summed E-state index contributed by atoms with van der Waals surface area (Å²) in [5.74, 6) is -11.8. The smallest absolute Gasteiger partial charge is 0.235 e. The standard InChI is InChI=1S/C23H26N2O8/c1-8-9-6-5-7-10(26)12(9)17(27)13-11(8)19(33-4)15-16(25(2)3)18(28)14(22(24)31)21(30)23(15,32)20(13)29/h5-8,11,13-16,19,26,32H,1-4H3,(H2,24,31)/t8-,11+,13?,14?,15-,16-,19+,23-/m0/s1. The first-order chi connectivity index (χ1) is 15.4. The minimum Gasteiger partial charge on any atom is -0.507 e. The minimum absolute atomic E-state index is 0.0496. The second-order valence-electron chi connectivity index (χ2n) is 9.32. The topological polar surface area (TPSA) is 164 Å². The van der Waals surface area contributed by atoms with Gasteiger partial charge in [-0.25, -0.2) is 0 Å². The van der Waals surface area contributed by atoms with E-state index >= 15 is 0 Å². The Hall–Kier alpha value is -2.95. The molecule has 10 heteroatoms. The maximum absolute atomic E-state index is 13.8. The summed E-state index contributed by atoms with van der Waals surface area (Å²) in [6.07, 6.45) is -1.07. The number of carbonyl (C=O) groups is 5. The maximum atomic E-state index is 13.8. The number of primary amides is 1. The van der Waals surface area contributed by atoms with Crippen molar-refractivity contribution in [2.75, 3.05) is 21.2 Å². The number of hydrogen-bond acceptors (Lipinski definition) is 9. The number of aliphatic hydroxyl groups is 1. The monoisotopic (exact) mass is 458 g/mol. The Balaban J connectivity index is 1.99. The fraction of sp³-hybridized carbons (Fsp3) is 0.522. The zero-order chi connectivity index (χ0) is 24.6. The molecule has 0 radical (unpaired) electrons. The Labute approximate surface area is 189 Å². The van der Waals surface area contributed by atoms with Crippen molar-refractivity contribution in [2.24, 2.45) is 29.4 Å². The normalized spacial score (nSPS) is 38.1. The molecule has 8 atom stereocenters. The number of hydrogen-bond donors (Lipinski definition) is 3. The van der Waals surface area contributed by atoms with Gasteiger partial charge in [0.2, 0.25) is 5.91 Å². The van der Waals surface area contributed by atoms with Crippen molar-refractivity contribution < 1.29 is 38.9 Å². The largest absolute Gasteiger partial charge is 0.507 e. The van der Waals surface area contributed by atoms with Crippen LogP contribution < -0.4 is 5.73 Å². The summed E-state index contributed by atoms with van der Waals surface area (Å²) in [7, 11) is 4.35. The zero-order valence-electron chi connectivity index (χ0n) is 18.6. The number of benzene rings is 1. The molecule has 2 saturated carbocycles. The van der Waals surface area contributed by atoms with Gasteiger partial charge in [-0.1, -0.05) is 19.1 Å². The van der Waals surface area contributed by atoms with E-state index < -0.39 is 76.4 Å². The van der Waals surface area contributed by atoms with Crippen LogP contribution in [0.1, 0.15) is 28.8 Å². The number of nitrogens with zero attached hydrogens (tertiary/aromatic N) is 1. The Bertz CT molecular complexity index is 1100. The van der Waals surface area contributed by atoms with Gasteiger partial charge in [0.1, 0.15) is 5.75 Å². The van der Waals surface area contributed by atoms with Crippen molar-refractivity contribution in [1.29, 1.82) is 0 Å². The molecular weight excluding hydrogens is 432 g/mol. The molecule has 0 bridgehead atoms. The lowest BCUT2D eigenvalue weighted by molar-refractivity contribution is -0.199. The molecule has 4 rings (SSSR count). The third-order valence-electron chi connectivity index (χ3n) is 7.60. The molecule has 0 aromatic heterocycles. The first-order valence-electron chi connectivity index (χ1n) is 10.6. The molecule has 0 spiro atoms. The molecule has 1 aromatic rings. The summed E-state index contributed by atoms with van der Waals surface area (Å²) in [4.78, 5) is 67.2. The molecular formula is C23H26N2O8. The number of Topliss-reactive ketones (excluding diaryl/α,β-unsaturated/α-hetero) is 4. The van der Waals surface area contributed by atoms with Gasteiger partial charge < -0.3 is 20.7 Å². The van der Waals surface area contributed by atoms with Crippen LogP contribution in [0.4, 0.5) is 0 Å². The van der Waals surface area contributed by atoms with Gasteiger partial charge >= 0.3 is 0 Å². The highest BCUT2D eigenvalue weighted by Gasteiger charge is 2.73. The minimum atomic E-state index is -2.85. The molecule has 3 aliphatic carbocycles. The summed E-state index contributed by atoms with van der Waals surface area (Å²) in [6, 6.07) is 3.32. The molecule has 2 fully saturated rings. The van der Waals surface area contributed by atoms with Crippen LogP contribution in [0.3, 0.4) is 0 Å². The van der Waals surface area contributed by atoms with Crippen molar-refractivity contribution in [1.82, 2.24) is 4.90 Å². The SMILES string of the molecule is CO[C@@H]1[C@H]2C(C(=O)c3c(O)cccc3[C@@H]2C)C(=O)[C@]2(O)C(=O)C(C(N)=O)C(=O)[C@@H](N(C)C)[C@@H]12. The van der Waals surface area contributed by atoms with Gasteiger partial charge in [0.25, 0.3) is 0 Å². The third-order valence-corrected chi connectivity index (χ3v) is 7.60. The molecule has 4 N–H and O–H groups in total. The van der Waals surface area contributed by atoms with E-state index in [1.54, 1.807) is 19.1 Å². The number of rotatable bonds is 3. The second-order valence-corrected chi connectivity index (χ2v) is 9.32. The summed E-state index contributed by atoms with van der Waals surface area (Å²) in [5, 5.41) is 22.0. The molecule has 176 valence electrons. The van der Waals surface area contributed by atoms with Crippen molar-refractivity contribution >= 4 is 29.0 Å². The van der Waals surface area contributed by atoms with Gasteiger partial charge in [-0.05, 0) is 31.6 Å². The summed E-state index contributed by atoms with van der Waals surface area (Å²) in [6.45, 7) is 1.76. The maximum Gasteiger partial charge on any atom is 0.235 e.